The Hall–Kier alpha value is -5.22. The van der Waals surface area contributed by atoms with Crippen LogP contribution in [0.15, 0.2) is 128 Å². The highest BCUT2D eigenvalue weighted by molar-refractivity contribution is 6.25. The first-order chi connectivity index (χ1) is 18.8. The molecule has 0 bridgehead atoms. The Morgan fingerprint density at radius 1 is 0.474 bits per heavy atom. The minimum Gasteiger partial charge on any atom is -0.354 e. The van der Waals surface area contributed by atoms with Crippen LogP contribution in [0.5, 0.6) is 0 Å². The van der Waals surface area contributed by atoms with Crippen LogP contribution < -0.4 is 0 Å². The van der Waals surface area contributed by atoms with Gasteiger partial charge in [-0.15, -0.1) is 0 Å². The van der Waals surface area contributed by atoms with Crippen LogP contribution in [0.4, 0.5) is 0 Å². The average molecular weight is 487 g/mol. The summed E-state index contributed by atoms with van der Waals surface area (Å²) in [5.74, 6) is 0.663. The Kier molecular flexibility index (Phi) is 4.49. The van der Waals surface area contributed by atoms with Gasteiger partial charge in [0, 0.05) is 45.0 Å². The van der Waals surface area contributed by atoms with Gasteiger partial charge in [0.25, 0.3) is 0 Å². The first-order valence-electron chi connectivity index (χ1n) is 12.8. The van der Waals surface area contributed by atoms with Crippen molar-refractivity contribution in [2.45, 2.75) is 0 Å². The highest BCUT2D eigenvalue weighted by Gasteiger charge is 2.18. The quantitative estimate of drug-likeness (QED) is 0.272. The number of hydrogen-bond donors (Lipinski definition) is 1. The zero-order valence-electron chi connectivity index (χ0n) is 20.5. The molecule has 0 unspecified atom stereocenters. The zero-order valence-corrected chi connectivity index (χ0v) is 20.5. The lowest BCUT2D eigenvalue weighted by molar-refractivity contribution is 0.990. The Morgan fingerprint density at radius 3 is 1.89 bits per heavy atom. The van der Waals surface area contributed by atoms with E-state index in [4.69, 9.17) is 9.97 Å². The Bertz CT molecular complexity index is 2100. The summed E-state index contributed by atoms with van der Waals surface area (Å²) in [7, 11) is 0. The summed E-state index contributed by atoms with van der Waals surface area (Å²) in [6, 6.07) is 40.3. The summed E-state index contributed by atoms with van der Waals surface area (Å²) < 4.78 is 2.16. The molecule has 0 aliphatic rings. The van der Waals surface area contributed by atoms with E-state index < -0.39 is 0 Å². The molecular formula is C34H22N4. The number of benzene rings is 5. The molecule has 0 aliphatic heterocycles. The molecule has 178 valence electrons. The van der Waals surface area contributed by atoms with Gasteiger partial charge in [-0.3, -0.25) is 4.57 Å². The fourth-order valence-corrected chi connectivity index (χ4v) is 5.66. The van der Waals surface area contributed by atoms with Gasteiger partial charge in [-0.25, -0.2) is 9.97 Å². The van der Waals surface area contributed by atoms with E-state index in [0.717, 1.165) is 33.2 Å². The van der Waals surface area contributed by atoms with Gasteiger partial charge in [0.15, 0.2) is 0 Å². The third-order valence-electron chi connectivity index (χ3n) is 7.48. The number of aromatic nitrogens is 4. The van der Waals surface area contributed by atoms with E-state index in [2.05, 4.69) is 119 Å². The van der Waals surface area contributed by atoms with Crippen LogP contribution in [-0.4, -0.2) is 19.5 Å². The van der Waals surface area contributed by atoms with Crippen molar-refractivity contribution in [1.82, 2.24) is 19.5 Å². The lowest BCUT2D eigenvalue weighted by Gasteiger charge is -2.08. The molecule has 0 amide bonds. The maximum absolute atomic E-state index is 4.84. The van der Waals surface area contributed by atoms with Gasteiger partial charge in [0.05, 0.1) is 16.6 Å². The molecule has 0 radical (unpaired) electrons. The summed E-state index contributed by atoms with van der Waals surface area (Å²) in [6.45, 7) is 0. The molecule has 8 aromatic rings. The van der Waals surface area contributed by atoms with Crippen LogP contribution in [0.3, 0.4) is 0 Å². The molecule has 0 spiro atoms. The Labute approximate surface area is 218 Å². The molecule has 0 saturated carbocycles. The molecule has 0 aliphatic carbocycles. The zero-order chi connectivity index (χ0) is 25.1. The highest BCUT2D eigenvalue weighted by Crippen LogP contribution is 2.38. The van der Waals surface area contributed by atoms with Gasteiger partial charge in [-0.1, -0.05) is 97.1 Å². The van der Waals surface area contributed by atoms with Crippen LogP contribution in [-0.2, 0) is 0 Å². The van der Waals surface area contributed by atoms with Crippen molar-refractivity contribution in [1.29, 1.82) is 0 Å². The minimum atomic E-state index is 0.663. The van der Waals surface area contributed by atoms with Crippen molar-refractivity contribution >= 4 is 43.6 Å². The third-order valence-corrected chi connectivity index (χ3v) is 7.48. The van der Waals surface area contributed by atoms with Gasteiger partial charge in [0.2, 0.25) is 5.95 Å². The van der Waals surface area contributed by atoms with Crippen molar-refractivity contribution < 1.29 is 0 Å². The van der Waals surface area contributed by atoms with Gasteiger partial charge >= 0.3 is 0 Å². The van der Waals surface area contributed by atoms with E-state index in [-0.39, 0.29) is 0 Å². The van der Waals surface area contributed by atoms with Crippen LogP contribution in [0.25, 0.3) is 71.8 Å². The van der Waals surface area contributed by atoms with E-state index in [1.165, 1.54) is 32.7 Å². The second-order valence-corrected chi connectivity index (χ2v) is 9.62. The molecule has 1 N–H and O–H groups in total. The first kappa shape index (κ1) is 20.9. The fraction of sp³-hybridized carbons (Fsp3) is 0. The van der Waals surface area contributed by atoms with Crippen LogP contribution in [0.2, 0.25) is 0 Å². The summed E-state index contributed by atoms with van der Waals surface area (Å²) >= 11 is 0. The second-order valence-electron chi connectivity index (χ2n) is 9.62. The summed E-state index contributed by atoms with van der Waals surface area (Å²) in [5, 5.41) is 4.84. The van der Waals surface area contributed by atoms with E-state index >= 15 is 0 Å². The van der Waals surface area contributed by atoms with E-state index in [0.29, 0.717) is 5.95 Å². The molecule has 0 saturated heterocycles. The molecule has 3 heterocycles. The van der Waals surface area contributed by atoms with Crippen molar-refractivity contribution in [3.05, 3.63) is 128 Å². The second kappa shape index (κ2) is 8.15. The largest absolute Gasteiger partial charge is 0.354 e. The lowest BCUT2D eigenvalue weighted by Crippen LogP contribution is -2.00. The number of aromatic amines is 1. The summed E-state index contributed by atoms with van der Waals surface area (Å²) in [5.41, 5.74) is 8.96. The van der Waals surface area contributed by atoms with Gasteiger partial charge in [-0.05, 0) is 34.9 Å². The fourth-order valence-electron chi connectivity index (χ4n) is 5.66. The molecule has 8 rings (SSSR count). The predicted octanol–water partition coefficient (Wildman–Crippen LogP) is 8.54. The number of para-hydroxylation sites is 2. The Balaban J connectivity index is 1.26. The summed E-state index contributed by atoms with van der Waals surface area (Å²) in [4.78, 5) is 13.4. The SMILES string of the molecule is c1ccc(-c2ccc(-c3cnc(-n4c5ccccc5c5c6[nH]c7ccccc7c6ccc54)nc3)cc2)cc1. The lowest BCUT2D eigenvalue weighted by atomic mass is 10.0. The molecule has 0 atom stereocenters. The highest BCUT2D eigenvalue weighted by atomic mass is 15.1. The average Bonchev–Trinajstić information content (AvgIpc) is 3.54. The predicted molar refractivity (Wildman–Crippen MR) is 157 cm³/mol. The van der Waals surface area contributed by atoms with Gasteiger partial charge < -0.3 is 4.98 Å². The normalized spacial score (nSPS) is 11.7. The maximum atomic E-state index is 4.84. The molecule has 38 heavy (non-hydrogen) atoms. The van der Waals surface area contributed by atoms with E-state index in [1.807, 2.05) is 18.5 Å². The van der Waals surface area contributed by atoms with Crippen molar-refractivity contribution in [3.8, 4) is 28.2 Å². The number of nitrogens with one attached hydrogen (secondary N) is 1. The molecule has 3 aromatic heterocycles. The molecule has 5 aromatic carbocycles. The van der Waals surface area contributed by atoms with Gasteiger partial charge in [-0.2, -0.15) is 0 Å². The van der Waals surface area contributed by atoms with Crippen LogP contribution in [0, 0.1) is 0 Å². The molecule has 0 fully saturated rings. The topological polar surface area (TPSA) is 46.5 Å². The standard InChI is InChI=1S/C34H22N4/c1-2-8-22(9-3-1)23-14-16-24(17-15-23)25-20-35-34(36-21-25)38-30-13-7-5-11-28(30)32-31(38)19-18-27-26-10-4-6-12-29(26)37-33(27)32/h1-21,37H. The molecular weight excluding hydrogens is 464 g/mol. The van der Waals surface area contributed by atoms with Crippen molar-refractivity contribution in [2.24, 2.45) is 0 Å². The minimum absolute atomic E-state index is 0.663. The number of rotatable bonds is 3. The number of fused-ring (bicyclic) bond motifs is 7. The third kappa shape index (κ3) is 3.10. The first-order valence-corrected chi connectivity index (χ1v) is 12.8. The number of H-pyrrole nitrogens is 1. The van der Waals surface area contributed by atoms with E-state index in [9.17, 15) is 0 Å². The van der Waals surface area contributed by atoms with Crippen molar-refractivity contribution in [3.63, 3.8) is 0 Å². The van der Waals surface area contributed by atoms with Crippen LogP contribution in [0.1, 0.15) is 0 Å². The van der Waals surface area contributed by atoms with Gasteiger partial charge in [0.1, 0.15) is 0 Å². The molecule has 4 heteroatoms. The Morgan fingerprint density at radius 2 is 1.11 bits per heavy atom. The maximum Gasteiger partial charge on any atom is 0.234 e. The molecule has 4 nitrogen and oxygen atoms in total. The monoisotopic (exact) mass is 486 g/mol. The van der Waals surface area contributed by atoms with Crippen molar-refractivity contribution in [2.75, 3.05) is 0 Å². The number of nitrogens with zero attached hydrogens (tertiary/aromatic N) is 3. The smallest absolute Gasteiger partial charge is 0.234 e. The number of hydrogen-bond acceptors (Lipinski definition) is 2. The summed E-state index contributed by atoms with van der Waals surface area (Å²) in [6.07, 6.45) is 3.84. The van der Waals surface area contributed by atoms with E-state index in [1.54, 1.807) is 0 Å². The van der Waals surface area contributed by atoms with Crippen LogP contribution >= 0.6 is 0 Å².